The third kappa shape index (κ3) is 4.14. The molecule has 146 valence electrons. The Morgan fingerprint density at radius 2 is 1.79 bits per heavy atom. The standard InChI is InChI=1S/C20H17Cl2NO4S/c1-3-27-18-12(6-4-9-16(18)26-2)10-17-19(24)23(20(25)28-17)11-13-14(21)7-5-8-15(13)22/h4-10H,3,11H2,1-2H3/b17-10+. The van der Waals surface area contributed by atoms with Crippen LogP contribution in [-0.4, -0.2) is 29.8 Å². The van der Waals surface area contributed by atoms with Crippen LogP contribution in [0.25, 0.3) is 6.08 Å². The van der Waals surface area contributed by atoms with Crippen LogP contribution in [0.5, 0.6) is 11.5 Å². The number of amides is 2. The Hall–Kier alpha value is -2.15. The summed E-state index contributed by atoms with van der Waals surface area (Å²) in [6.45, 7) is 2.31. The highest BCUT2D eigenvalue weighted by molar-refractivity contribution is 8.18. The lowest BCUT2D eigenvalue weighted by molar-refractivity contribution is -0.123. The molecule has 3 rings (SSSR count). The zero-order valence-corrected chi connectivity index (χ0v) is 17.5. The first-order valence-corrected chi connectivity index (χ1v) is 10.0. The Balaban J connectivity index is 1.92. The van der Waals surface area contributed by atoms with E-state index in [2.05, 4.69) is 0 Å². The topological polar surface area (TPSA) is 55.8 Å². The molecular weight excluding hydrogens is 421 g/mol. The average Bonchev–Trinajstić information content (AvgIpc) is 2.93. The lowest BCUT2D eigenvalue weighted by Gasteiger charge is -2.15. The highest BCUT2D eigenvalue weighted by Gasteiger charge is 2.36. The first-order chi connectivity index (χ1) is 13.5. The molecule has 0 spiro atoms. The molecule has 0 radical (unpaired) electrons. The Kier molecular flexibility index (Phi) is 6.54. The smallest absolute Gasteiger partial charge is 0.293 e. The van der Waals surface area contributed by atoms with Crippen molar-refractivity contribution in [2.75, 3.05) is 13.7 Å². The number of benzene rings is 2. The van der Waals surface area contributed by atoms with E-state index in [4.69, 9.17) is 32.7 Å². The van der Waals surface area contributed by atoms with Gasteiger partial charge in [-0.05, 0) is 43.0 Å². The van der Waals surface area contributed by atoms with E-state index in [9.17, 15) is 9.59 Å². The normalized spacial score (nSPS) is 15.4. The number of hydrogen-bond donors (Lipinski definition) is 0. The molecule has 2 amide bonds. The maximum absolute atomic E-state index is 12.8. The van der Waals surface area contributed by atoms with Crippen molar-refractivity contribution in [1.82, 2.24) is 4.90 Å². The number of carbonyl (C=O) groups excluding carboxylic acids is 2. The summed E-state index contributed by atoms with van der Waals surface area (Å²) in [5, 5.41) is 0.428. The van der Waals surface area contributed by atoms with Gasteiger partial charge in [-0.1, -0.05) is 41.4 Å². The predicted octanol–water partition coefficient (Wildman–Crippen LogP) is 5.64. The van der Waals surface area contributed by atoms with Crippen LogP contribution in [-0.2, 0) is 11.3 Å². The van der Waals surface area contributed by atoms with Gasteiger partial charge in [0.05, 0.1) is 25.2 Å². The van der Waals surface area contributed by atoms with E-state index in [1.807, 2.05) is 6.92 Å². The quantitative estimate of drug-likeness (QED) is 0.547. The molecule has 0 saturated carbocycles. The van der Waals surface area contributed by atoms with Crippen LogP contribution < -0.4 is 9.47 Å². The van der Waals surface area contributed by atoms with E-state index in [1.165, 1.54) is 0 Å². The zero-order valence-electron chi connectivity index (χ0n) is 15.2. The van der Waals surface area contributed by atoms with Gasteiger partial charge in [0.1, 0.15) is 0 Å². The molecular formula is C20H17Cl2NO4S. The van der Waals surface area contributed by atoms with Crippen LogP contribution in [0.4, 0.5) is 4.79 Å². The second-order valence-corrected chi connectivity index (χ2v) is 7.59. The van der Waals surface area contributed by atoms with E-state index in [-0.39, 0.29) is 11.8 Å². The first-order valence-electron chi connectivity index (χ1n) is 8.44. The minimum atomic E-state index is -0.406. The molecule has 1 heterocycles. The fraction of sp³-hybridized carbons (Fsp3) is 0.200. The minimum absolute atomic E-state index is 0.0109. The minimum Gasteiger partial charge on any atom is -0.493 e. The van der Waals surface area contributed by atoms with Crippen molar-refractivity contribution in [3.05, 3.63) is 62.5 Å². The van der Waals surface area contributed by atoms with Gasteiger partial charge in [-0.25, -0.2) is 0 Å². The van der Waals surface area contributed by atoms with E-state index in [1.54, 1.807) is 49.6 Å². The van der Waals surface area contributed by atoms with Gasteiger partial charge in [-0.15, -0.1) is 0 Å². The van der Waals surface area contributed by atoms with Crippen LogP contribution in [0, 0.1) is 0 Å². The van der Waals surface area contributed by atoms with Gasteiger partial charge in [0, 0.05) is 21.2 Å². The summed E-state index contributed by atoms with van der Waals surface area (Å²) >= 11 is 13.2. The number of thioether (sulfide) groups is 1. The monoisotopic (exact) mass is 437 g/mol. The summed E-state index contributed by atoms with van der Waals surface area (Å²) in [6, 6.07) is 10.4. The second-order valence-electron chi connectivity index (χ2n) is 5.78. The molecule has 2 aromatic carbocycles. The van der Waals surface area contributed by atoms with Crippen LogP contribution in [0.1, 0.15) is 18.1 Å². The van der Waals surface area contributed by atoms with E-state index >= 15 is 0 Å². The number of ether oxygens (including phenoxy) is 2. The molecule has 0 N–H and O–H groups in total. The number of hydrogen-bond acceptors (Lipinski definition) is 5. The molecule has 1 aliphatic rings. The molecule has 1 fully saturated rings. The van der Waals surface area contributed by atoms with Crippen molar-refractivity contribution in [2.45, 2.75) is 13.5 Å². The number of methoxy groups -OCH3 is 1. The fourth-order valence-electron chi connectivity index (χ4n) is 2.73. The van der Waals surface area contributed by atoms with Crippen LogP contribution >= 0.6 is 35.0 Å². The fourth-order valence-corrected chi connectivity index (χ4v) is 4.07. The third-order valence-corrected chi connectivity index (χ3v) is 5.67. The van der Waals surface area contributed by atoms with Gasteiger partial charge >= 0.3 is 0 Å². The van der Waals surface area contributed by atoms with Gasteiger partial charge in [-0.3, -0.25) is 14.5 Å². The molecule has 5 nitrogen and oxygen atoms in total. The van der Waals surface area contributed by atoms with Gasteiger partial charge in [0.25, 0.3) is 11.1 Å². The highest BCUT2D eigenvalue weighted by atomic mass is 35.5. The lowest BCUT2D eigenvalue weighted by Crippen LogP contribution is -2.27. The number of carbonyl (C=O) groups is 2. The van der Waals surface area contributed by atoms with Gasteiger partial charge in [0.2, 0.25) is 0 Å². The van der Waals surface area contributed by atoms with E-state index in [0.29, 0.717) is 44.2 Å². The van der Waals surface area contributed by atoms with Crippen molar-refractivity contribution in [1.29, 1.82) is 0 Å². The van der Waals surface area contributed by atoms with Crippen LogP contribution in [0.3, 0.4) is 0 Å². The van der Waals surface area contributed by atoms with Gasteiger partial charge in [0.15, 0.2) is 11.5 Å². The molecule has 0 aliphatic carbocycles. The van der Waals surface area contributed by atoms with Crippen LogP contribution in [0.2, 0.25) is 10.0 Å². The lowest BCUT2D eigenvalue weighted by atomic mass is 10.1. The molecule has 28 heavy (non-hydrogen) atoms. The Morgan fingerprint density at radius 1 is 1.11 bits per heavy atom. The Bertz CT molecular complexity index is 941. The number of imide groups is 1. The summed E-state index contributed by atoms with van der Waals surface area (Å²) in [5.41, 5.74) is 1.19. The summed E-state index contributed by atoms with van der Waals surface area (Å²) in [5.74, 6) is 0.669. The maximum atomic E-state index is 12.8. The van der Waals surface area contributed by atoms with Crippen molar-refractivity contribution in [3.8, 4) is 11.5 Å². The summed E-state index contributed by atoms with van der Waals surface area (Å²) < 4.78 is 11.0. The zero-order chi connectivity index (χ0) is 20.3. The maximum Gasteiger partial charge on any atom is 0.293 e. The van der Waals surface area contributed by atoms with Crippen molar-refractivity contribution in [2.24, 2.45) is 0 Å². The Morgan fingerprint density at radius 3 is 2.43 bits per heavy atom. The summed E-state index contributed by atoms with van der Waals surface area (Å²) in [7, 11) is 1.54. The van der Waals surface area contributed by atoms with Gasteiger partial charge < -0.3 is 9.47 Å². The molecule has 0 atom stereocenters. The SMILES string of the molecule is CCOc1c(/C=C2/SC(=O)N(Cc3c(Cl)cccc3Cl)C2=O)cccc1OC. The Labute approximate surface area is 177 Å². The van der Waals surface area contributed by atoms with Gasteiger partial charge in [-0.2, -0.15) is 0 Å². The number of rotatable bonds is 6. The van der Waals surface area contributed by atoms with Crippen molar-refractivity contribution in [3.63, 3.8) is 0 Å². The predicted molar refractivity (Wildman–Crippen MR) is 112 cm³/mol. The molecule has 2 aromatic rings. The molecule has 0 aromatic heterocycles. The first kappa shape index (κ1) is 20.6. The third-order valence-electron chi connectivity index (χ3n) is 4.06. The van der Waals surface area contributed by atoms with Crippen LogP contribution in [0.15, 0.2) is 41.3 Å². The summed E-state index contributed by atoms with van der Waals surface area (Å²) in [6.07, 6.45) is 1.63. The number of para-hydroxylation sites is 1. The molecule has 0 unspecified atom stereocenters. The molecule has 0 bridgehead atoms. The highest BCUT2D eigenvalue weighted by Crippen LogP contribution is 2.38. The summed E-state index contributed by atoms with van der Waals surface area (Å²) in [4.78, 5) is 26.7. The molecule has 1 saturated heterocycles. The van der Waals surface area contributed by atoms with Crippen molar-refractivity contribution >= 4 is 52.2 Å². The van der Waals surface area contributed by atoms with E-state index < -0.39 is 5.91 Å². The average molecular weight is 438 g/mol. The second kappa shape index (κ2) is 8.90. The molecule has 1 aliphatic heterocycles. The van der Waals surface area contributed by atoms with E-state index in [0.717, 1.165) is 16.7 Å². The van der Waals surface area contributed by atoms with Crippen molar-refractivity contribution < 1.29 is 19.1 Å². The number of nitrogens with zero attached hydrogens (tertiary/aromatic N) is 1. The molecule has 8 heteroatoms. The largest absolute Gasteiger partial charge is 0.493 e. The number of halogens is 2.